The van der Waals surface area contributed by atoms with Crippen molar-refractivity contribution in [2.75, 3.05) is 0 Å². The maximum atomic E-state index is 13.6. The molecule has 1 aromatic heterocycles. The molecule has 0 radical (unpaired) electrons. The third-order valence-electron chi connectivity index (χ3n) is 5.55. The van der Waals surface area contributed by atoms with Crippen molar-refractivity contribution in [1.82, 2.24) is 14.8 Å². The van der Waals surface area contributed by atoms with Crippen LogP contribution in [0.15, 0.2) is 90.2 Å². The number of primary amides is 1. The van der Waals surface area contributed by atoms with E-state index in [1.54, 1.807) is 28.9 Å². The summed E-state index contributed by atoms with van der Waals surface area (Å²) in [6, 6.07) is 21.9. The zero-order chi connectivity index (χ0) is 22.9. The lowest BCUT2D eigenvalue weighted by Gasteiger charge is -2.19. The summed E-state index contributed by atoms with van der Waals surface area (Å²) in [6.07, 6.45) is 2.31. The first-order valence-electron chi connectivity index (χ1n) is 10.3. The van der Waals surface area contributed by atoms with Gasteiger partial charge in [-0.15, -0.1) is 0 Å². The van der Waals surface area contributed by atoms with Gasteiger partial charge >= 0.3 is 6.03 Å². The minimum atomic E-state index is -0.665. The lowest BCUT2D eigenvalue weighted by Crippen LogP contribution is -2.32. The van der Waals surface area contributed by atoms with Crippen LogP contribution in [0.5, 0.6) is 0 Å². The Morgan fingerprint density at radius 3 is 2.30 bits per heavy atom. The second kappa shape index (κ2) is 8.52. The Labute approximate surface area is 194 Å². The summed E-state index contributed by atoms with van der Waals surface area (Å²) in [7, 11) is 0. The number of rotatable bonds is 4. The molecule has 5 rings (SSSR count). The van der Waals surface area contributed by atoms with Gasteiger partial charge in [-0.1, -0.05) is 41.9 Å². The van der Waals surface area contributed by atoms with Crippen LogP contribution in [-0.4, -0.2) is 26.5 Å². The van der Waals surface area contributed by atoms with Crippen LogP contribution < -0.4 is 5.73 Å². The predicted octanol–water partition coefficient (Wildman–Crippen LogP) is 5.56. The SMILES string of the molecule is NC(=O)N1N=C(c2ccc(Cl)cc2)CC1c1cn(-c2ccccc2)nc1-c1ccc(F)cc1. The summed E-state index contributed by atoms with van der Waals surface area (Å²) in [5.74, 6) is -0.337. The Hall–Kier alpha value is -3.97. The Kier molecular flexibility index (Phi) is 5.40. The fourth-order valence-corrected chi connectivity index (χ4v) is 4.07. The zero-order valence-electron chi connectivity index (χ0n) is 17.4. The number of hydrogen-bond donors (Lipinski definition) is 1. The average molecular weight is 460 g/mol. The topological polar surface area (TPSA) is 76.5 Å². The number of nitrogens with zero attached hydrogens (tertiary/aromatic N) is 4. The highest BCUT2D eigenvalue weighted by atomic mass is 35.5. The molecule has 0 fully saturated rings. The summed E-state index contributed by atoms with van der Waals surface area (Å²) in [5, 5.41) is 11.2. The summed E-state index contributed by atoms with van der Waals surface area (Å²) >= 11 is 6.02. The second-order valence-electron chi connectivity index (χ2n) is 7.68. The van der Waals surface area contributed by atoms with Crippen molar-refractivity contribution in [2.45, 2.75) is 12.5 Å². The van der Waals surface area contributed by atoms with Crippen LogP contribution in [0.2, 0.25) is 5.02 Å². The van der Waals surface area contributed by atoms with Crippen LogP contribution in [0, 0.1) is 5.82 Å². The number of carbonyl (C=O) groups is 1. The smallest absolute Gasteiger partial charge is 0.335 e. The number of nitrogens with two attached hydrogens (primary N) is 1. The summed E-state index contributed by atoms with van der Waals surface area (Å²) in [5.41, 5.74) is 10.2. The highest BCUT2D eigenvalue weighted by molar-refractivity contribution is 6.30. The van der Waals surface area contributed by atoms with E-state index in [4.69, 9.17) is 22.4 Å². The molecule has 3 aromatic carbocycles. The number of carbonyl (C=O) groups excluding carboxylic acids is 1. The van der Waals surface area contributed by atoms with Crippen molar-refractivity contribution in [3.05, 3.63) is 107 Å². The van der Waals surface area contributed by atoms with Crippen molar-refractivity contribution >= 4 is 23.3 Å². The zero-order valence-corrected chi connectivity index (χ0v) is 18.2. The number of urea groups is 1. The molecule has 33 heavy (non-hydrogen) atoms. The Morgan fingerprint density at radius 2 is 1.64 bits per heavy atom. The normalized spacial score (nSPS) is 15.5. The number of benzene rings is 3. The van der Waals surface area contributed by atoms with Gasteiger partial charge in [0.15, 0.2) is 0 Å². The molecule has 1 atom stereocenters. The molecular formula is C25H19ClFN5O. The summed E-state index contributed by atoms with van der Waals surface area (Å²) in [6.45, 7) is 0. The maximum absolute atomic E-state index is 13.6. The van der Waals surface area contributed by atoms with Crippen LogP contribution in [0.25, 0.3) is 16.9 Å². The van der Waals surface area contributed by atoms with Gasteiger partial charge in [-0.05, 0) is 54.1 Å². The highest BCUT2D eigenvalue weighted by Crippen LogP contribution is 2.38. The first-order valence-corrected chi connectivity index (χ1v) is 10.7. The molecule has 2 N–H and O–H groups in total. The molecule has 0 saturated heterocycles. The van der Waals surface area contributed by atoms with Crippen molar-refractivity contribution in [2.24, 2.45) is 10.8 Å². The summed E-state index contributed by atoms with van der Waals surface area (Å²) < 4.78 is 15.3. The standard InChI is InChI=1S/C25H19ClFN5O/c26-18-10-6-16(7-11-18)22-14-23(32(29-22)25(28)33)21-15-31(20-4-2-1-3-5-20)30-24(21)17-8-12-19(27)13-9-17/h1-13,15,23H,14H2,(H2,28,33). The van der Waals surface area contributed by atoms with Gasteiger partial charge in [0.1, 0.15) is 5.82 Å². The van der Waals surface area contributed by atoms with Crippen molar-refractivity contribution in [3.63, 3.8) is 0 Å². The van der Waals surface area contributed by atoms with Gasteiger partial charge in [0, 0.05) is 28.8 Å². The average Bonchev–Trinajstić information content (AvgIpc) is 3.46. The molecule has 164 valence electrons. The fourth-order valence-electron chi connectivity index (χ4n) is 3.95. The van der Waals surface area contributed by atoms with Gasteiger partial charge in [0.2, 0.25) is 0 Å². The Balaban J connectivity index is 1.61. The fraction of sp³-hybridized carbons (Fsp3) is 0.0800. The molecule has 2 heterocycles. The van der Waals surface area contributed by atoms with E-state index in [0.29, 0.717) is 22.8 Å². The monoisotopic (exact) mass is 459 g/mol. The third-order valence-corrected chi connectivity index (χ3v) is 5.81. The van der Waals surface area contributed by atoms with Gasteiger partial charge in [-0.3, -0.25) is 0 Å². The molecule has 2 amide bonds. The largest absolute Gasteiger partial charge is 0.350 e. The number of hydrazone groups is 1. The molecule has 0 bridgehead atoms. The molecule has 1 aliphatic heterocycles. The van der Waals surface area contributed by atoms with Crippen LogP contribution in [0.1, 0.15) is 23.6 Å². The van der Waals surface area contributed by atoms with E-state index in [9.17, 15) is 9.18 Å². The molecule has 1 aliphatic rings. The number of amides is 2. The van der Waals surface area contributed by atoms with Crippen molar-refractivity contribution in [1.29, 1.82) is 0 Å². The molecule has 0 aliphatic carbocycles. The van der Waals surface area contributed by atoms with Crippen LogP contribution >= 0.6 is 11.6 Å². The Bertz CT molecular complexity index is 1330. The lowest BCUT2D eigenvalue weighted by atomic mass is 9.96. The molecular weight excluding hydrogens is 441 g/mol. The third kappa shape index (κ3) is 4.10. The van der Waals surface area contributed by atoms with E-state index in [1.807, 2.05) is 48.7 Å². The van der Waals surface area contributed by atoms with Gasteiger partial charge in [-0.2, -0.15) is 10.2 Å². The number of halogens is 2. The van der Waals surface area contributed by atoms with Gasteiger partial charge in [-0.25, -0.2) is 18.9 Å². The van der Waals surface area contributed by atoms with Gasteiger partial charge in [0.05, 0.1) is 23.1 Å². The highest BCUT2D eigenvalue weighted by Gasteiger charge is 2.35. The summed E-state index contributed by atoms with van der Waals surface area (Å²) in [4.78, 5) is 12.3. The van der Waals surface area contributed by atoms with Crippen LogP contribution in [-0.2, 0) is 0 Å². The first-order chi connectivity index (χ1) is 16.0. The van der Waals surface area contributed by atoms with E-state index in [-0.39, 0.29) is 5.82 Å². The molecule has 0 spiro atoms. The molecule has 8 heteroatoms. The van der Waals surface area contributed by atoms with Crippen molar-refractivity contribution < 1.29 is 9.18 Å². The quantitative estimate of drug-likeness (QED) is 0.433. The van der Waals surface area contributed by atoms with E-state index in [1.165, 1.54) is 17.1 Å². The number of hydrogen-bond acceptors (Lipinski definition) is 3. The lowest BCUT2D eigenvalue weighted by molar-refractivity contribution is 0.196. The van der Waals surface area contributed by atoms with Gasteiger partial charge in [0.25, 0.3) is 0 Å². The Morgan fingerprint density at radius 1 is 0.970 bits per heavy atom. The minimum absolute atomic E-state index is 0.337. The number of para-hydroxylation sites is 1. The number of aromatic nitrogens is 2. The van der Waals surface area contributed by atoms with E-state index in [0.717, 1.165) is 22.4 Å². The molecule has 4 aromatic rings. The van der Waals surface area contributed by atoms with Crippen molar-refractivity contribution in [3.8, 4) is 16.9 Å². The van der Waals surface area contributed by atoms with E-state index >= 15 is 0 Å². The second-order valence-corrected chi connectivity index (χ2v) is 8.11. The minimum Gasteiger partial charge on any atom is -0.350 e. The van der Waals surface area contributed by atoms with Crippen LogP contribution in [0.4, 0.5) is 9.18 Å². The maximum Gasteiger partial charge on any atom is 0.335 e. The molecule has 1 unspecified atom stereocenters. The van der Waals surface area contributed by atoms with Gasteiger partial charge < -0.3 is 5.73 Å². The van der Waals surface area contributed by atoms with Crippen LogP contribution in [0.3, 0.4) is 0 Å². The predicted molar refractivity (Wildman–Crippen MR) is 126 cm³/mol. The first kappa shape index (κ1) is 20.9. The van der Waals surface area contributed by atoms with E-state index < -0.39 is 12.1 Å². The molecule has 0 saturated carbocycles. The van der Waals surface area contributed by atoms with E-state index in [2.05, 4.69) is 5.10 Å². The molecule has 6 nitrogen and oxygen atoms in total.